The molecule has 0 aliphatic rings. The maximum absolute atomic E-state index is 12.2. The van der Waals surface area contributed by atoms with Crippen molar-refractivity contribution in [3.63, 3.8) is 0 Å². The van der Waals surface area contributed by atoms with Crippen molar-refractivity contribution in [2.45, 2.75) is 39.7 Å². The number of rotatable bonds is 7. The second-order valence-electron chi connectivity index (χ2n) is 6.67. The van der Waals surface area contributed by atoms with E-state index in [9.17, 15) is 19.5 Å². The molecule has 0 spiro atoms. The number of carbonyl (C=O) groups excluding carboxylic acids is 2. The van der Waals surface area contributed by atoms with E-state index in [1.807, 2.05) is 20.8 Å². The molecule has 0 unspecified atom stereocenters. The highest BCUT2D eigenvalue weighted by molar-refractivity contribution is 5.97. The van der Waals surface area contributed by atoms with Crippen LogP contribution in [-0.2, 0) is 11.2 Å². The molecule has 2 rings (SSSR count). The fraction of sp³-hybridized carbons (Fsp3) is 0.286. The van der Waals surface area contributed by atoms with Crippen LogP contribution in [0.2, 0.25) is 0 Å². The van der Waals surface area contributed by atoms with Crippen LogP contribution >= 0.6 is 0 Å². The van der Waals surface area contributed by atoms with Crippen molar-refractivity contribution in [2.75, 3.05) is 5.32 Å². The molecule has 0 aliphatic heterocycles. The molecule has 0 bridgehead atoms. The van der Waals surface area contributed by atoms with Crippen LogP contribution in [-0.4, -0.2) is 28.9 Å². The number of aromatic carboxylic acids is 1. The van der Waals surface area contributed by atoms with Gasteiger partial charge in [0.2, 0.25) is 5.91 Å². The number of anilines is 1. The Bertz CT molecular complexity index is 859. The topological polar surface area (TPSA) is 95.5 Å². The highest BCUT2D eigenvalue weighted by atomic mass is 16.4. The molecule has 0 atom stereocenters. The van der Waals surface area contributed by atoms with E-state index in [2.05, 4.69) is 10.6 Å². The molecule has 0 saturated heterocycles. The Labute approximate surface area is 158 Å². The lowest BCUT2D eigenvalue weighted by molar-refractivity contribution is -0.116. The molecule has 2 amide bonds. The minimum absolute atomic E-state index is 0.0463. The van der Waals surface area contributed by atoms with E-state index in [0.29, 0.717) is 23.2 Å². The number of amides is 2. The third kappa shape index (κ3) is 5.67. The molecular weight excluding hydrogens is 344 g/mol. The smallest absolute Gasteiger partial charge is 0.335 e. The first kappa shape index (κ1) is 20.2. The third-order valence-electron chi connectivity index (χ3n) is 4.04. The van der Waals surface area contributed by atoms with Crippen LogP contribution in [0.4, 0.5) is 5.69 Å². The van der Waals surface area contributed by atoms with Crippen molar-refractivity contribution < 1.29 is 19.5 Å². The van der Waals surface area contributed by atoms with Crippen LogP contribution in [0.25, 0.3) is 0 Å². The van der Waals surface area contributed by atoms with E-state index in [4.69, 9.17) is 0 Å². The number of carbonyl (C=O) groups is 3. The molecule has 6 heteroatoms. The maximum Gasteiger partial charge on any atom is 0.335 e. The van der Waals surface area contributed by atoms with Crippen molar-refractivity contribution >= 4 is 23.5 Å². The van der Waals surface area contributed by atoms with Gasteiger partial charge in [0, 0.05) is 23.7 Å². The van der Waals surface area contributed by atoms with Crippen molar-refractivity contribution in [3.8, 4) is 0 Å². The van der Waals surface area contributed by atoms with Crippen molar-refractivity contribution in [1.29, 1.82) is 0 Å². The second-order valence-corrected chi connectivity index (χ2v) is 6.67. The van der Waals surface area contributed by atoms with Crippen molar-refractivity contribution in [1.82, 2.24) is 5.32 Å². The summed E-state index contributed by atoms with van der Waals surface area (Å²) in [7, 11) is 0. The highest BCUT2D eigenvalue weighted by Crippen LogP contribution is 2.17. The summed E-state index contributed by atoms with van der Waals surface area (Å²) in [5.41, 5.74) is 2.77. The predicted molar refractivity (Wildman–Crippen MR) is 104 cm³/mol. The van der Waals surface area contributed by atoms with Gasteiger partial charge in [0.05, 0.1) is 5.56 Å². The minimum Gasteiger partial charge on any atom is -0.478 e. The number of aryl methyl sites for hydroxylation is 2. The van der Waals surface area contributed by atoms with Gasteiger partial charge in [-0.2, -0.15) is 0 Å². The van der Waals surface area contributed by atoms with Gasteiger partial charge in [0.15, 0.2) is 0 Å². The summed E-state index contributed by atoms with van der Waals surface area (Å²) < 4.78 is 0. The fourth-order valence-electron chi connectivity index (χ4n) is 2.75. The molecule has 0 radical (unpaired) electrons. The van der Waals surface area contributed by atoms with Crippen molar-refractivity contribution in [2.24, 2.45) is 0 Å². The summed E-state index contributed by atoms with van der Waals surface area (Å²) in [5.74, 6) is -1.36. The summed E-state index contributed by atoms with van der Waals surface area (Å²) in [6, 6.07) is 11.8. The van der Waals surface area contributed by atoms with E-state index in [0.717, 1.165) is 5.56 Å². The molecule has 0 aromatic heterocycles. The molecule has 0 saturated carbocycles. The molecular formula is C21H24N2O4. The van der Waals surface area contributed by atoms with Gasteiger partial charge < -0.3 is 15.7 Å². The summed E-state index contributed by atoms with van der Waals surface area (Å²) in [6.45, 7) is 5.60. The molecule has 0 aliphatic carbocycles. The van der Waals surface area contributed by atoms with Gasteiger partial charge in [-0.15, -0.1) is 0 Å². The standard InChI is InChI=1S/C21H24N2O4/c1-13(2)22-20(25)17-10-9-16(12-14(17)3)23-19(24)11-8-15-6-4-5-7-18(15)21(26)27/h4-7,9-10,12-13H,8,11H2,1-3H3,(H,22,25)(H,23,24)(H,26,27). The van der Waals surface area contributed by atoms with Crippen LogP contribution in [0, 0.1) is 6.92 Å². The molecule has 0 heterocycles. The van der Waals surface area contributed by atoms with Gasteiger partial charge in [-0.05, 0) is 62.6 Å². The van der Waals surface area contributed by atoms with E-state index < -0.39 is 5.97 Å². The summed E-state index contributed by atoms with van der Waals surface area (Å²) in [5, 5.41) is 14.8. The van der Waals surface area contributed by atoms with Gasteiger partial charge in [0.25, 0.3) is 5.91 Å². The number of hydrogen-bond donors (Lipinski definition) is 3. The van der Waals surface area contributed by atoms with Gasteiger partial charge in [-0.25, -0.2) is 4.79 Å². The number of benzene rings is 2. The summed E-state index contributed by atoms with van der Waals surface area (Å²) >= 11 is 0. The Morgan fingerprint density at radius 2 is 1.74 bits per heavy atom. The lowest BCUT2D eigenvalue weighted by Crippen LogP contribution is -2.30. The molecule has 6 nitrogen and oxygen atoms in total. The SMILES string of the molecule is Cc1cc(NC(=O)CCc2ccccc2C(=O)O)ccc1C(=O)NC(C)C. The van der Waals surface area contributed by atoms with Gasteiger partial charge >= 0.3 is 5.97 Å². The second kappa shape index (κ2) is 8.98. The van der Waals surface area contributed by atoms with E-state index in [-0.39, 0.29) is 29.8 Å². The number of hydrogen-bond acceptors (Lipinski definition) is 3. The van der Waals surface area contributed by atoms with Crippen LogP contribution in [0.5, 0.6) is 0 Å². The molecule has 142 valence electrons. The van der Waals surface area contributed by atoms with E-state index >= 15 is 0 Å². The first-order valence-electron chi connectivity index (χ1n) is 8.80. The Kier molecular flexibility index (Phi) is 6.71. The average molecular weight is 368 g/mol. The zero-order valence-electron chi connectivity index (χ0n) is 15.7. The monoisotopic (exact) mass is 368 g/mol. The number of nitrogens with one attached hydrogen (secondary N) is 2. The molecule has 3 N–H and O–H groups in total. The zero-order chi connectivity index (χ0) is 20.0. The Morgan fingerprint density at radius 1 is 1.04 bits per heavy atom. The van der Waals surface area contributed by atoms with Crippen molar-refractivity contribution in [3.05, 3.63) is 64.7 Å². The number of carboxylic acid groups (broad SMARTS) is 1. The normalized spacial score (nSPS) is 10.5. The molecule has 2 aromatic rings. The van der Waals surface area contributed by atoms with Gasteiger partial charge in [-0.3, -0.25) is 9.59 Å². The van der Waals surface area contributed by atoms with Gasteiger partial charge in [0.1, 0.15) is 0 Å². The Hall–Kier alpha value is -3.15. The molecule has 0 fully saturated rings. The fourth-order valence-corrected chi connectivity index (χ4v) is 2.75. The largest absolute Gasteiger partial charge is 0.478 e. The third-order valence-corrected chi connectivity index (χ3v) is 4.04. The van der Waals surface area contributed by atoms with Crippen LogP contribution in [0.1, 0.15) is 52.1 Å². The average Bonchev–Trinajstić information content (AvgIpc) is 2.59. The van der Waals surface area contributed by atoms with Crippen LogP contribution in [0.3, 0.4) is 0 Å². The van der Waals surface area contributed by atoms with Crippen LogP contribution in [0.15, 0.2) is 42.5 Å². The number of carboxylic acids is 1. The quantitative estimate of drug-likeness (QED) is 0.698. The molecule has 27 heavy (non-hydrogen) atoms. The predicted octanol–water partition coefficient (Wildman–Crippen LogP) is 3.40. The summed E-state index contributed by atoms with van der Waals surface area (Å²) in [4.78, 5) is 35.5. The first-order valence-corrected chi connectivity index (χ1v) is 8.80. The first-order chi connectivity index (χ1) is 12.8. The van der Waals surface area contributed by atoms with E-state index in [1.165, 1.54) is 6.07 Å². The molecule has 2 aromatic carbocycles. The summed E-state index contributed by atoms with van der Waals surface area (Å²) in [6.07, 6.45) is 0.501. The van der Waals surface area contributed by atoms with Crippen LogP contribution < -0.4 is 10.6 Å². The zero-order valence-corrected chi connectivity index (χ0v) is 15.7. The highest BCUT2D eigenvalue weighted by Gasteiger charge is 2.13. The Morgan fingerprint density at radius 3 is 2.37 bits per heavy atom. The maximum atomic E-state index is 12.2. The lowest BCUT2D eigenvalue weighted by atomic mass is 10.0. The Balaban J connectivity index is 1.99. The van der Waals surface area contributed by atoms with E-state index in [1.54, 1.807) is 36.4 Å². The lowest BCUT2D eigenvalue weighted by Gasteiger charge is -2.12. The minimum atomic E-state index is -1.00. The van der Waals surface area contributed by atoms with Gasteiger partial charge in [-0.1, -0.05) is 18.2 Å².